The van der Waals surface area contributed by atoms with Crippen LogP contribution in [0.3, 0.4) is 0 Å². The minimum absolute atomic E-state index is 0.212. The van der Waals surface area contributed by atoms with Gasteiger partial charge in [-0.05, 0) is 49.4 Å². The van der Waals surface area contributed by atoms with Crippen LogP contribution in [-0.4, -0.2) is 42.8 Å². The first kappa shape index (κ1) is 19.0. The number of nitrogens with zero attached hydrogens (tertiary/aromatic N) is 4. The van der Waals surface area contributed by atoms with Crippen LogP contribution in [0.5, 0.6) is 5.75 Å². The maximum atomic E-state index is 13.1. The van der Waals surface area contributed by atoms with Crippen molar-refractivity contribution in [2.75, 3.05) is 47.9 Å². The number of piperazine rings is 1. The fourth-order valence-corrected chi connectivity index (χ4v) is 3.38. The molecule has 1 aliphatic heterocycles. The number of nitrogens with one attached hydrogen (secondary N) is 1. The molecule has 2 heterocycles. The van der Waals surface area contributed by atoms with E-state index in [1.807, 2.05) is 49.4 Å². The van der Waals surface area contributed by atoms with Crippen molar-refractivity contribution < 1.29 is 9.13 Å². The van der Waals surface area contributed by atoms with Crippen molar-refractivity contribution in [1.82, 2.24) is 9.97 Å². The number of rotatable bonds is 6. The molecule has 3 aromatic rings. The maximum absolute atomic E-state index is 13.1. The molecule has 1 aliphatic rings. The van der Waals surface area contributed by atoms with Crippen LogP contribution >= 0.6 is 0 Å². The number of hydrogen-bond acceptors (Lipinski definition) is 6. The fourth-order valence-electron chi connectivity index (χ4n) is 3.38. The number of anilines is 4. The van der Waals surface area contributed by atoms with E-state index in [0.717, 1.165) is 49.1 Å². The van der Waals surface area contributed by atoms with E-state index < -0.39 is 0 Å². The Balaban J connectivity index is 1.42. The van der Waals surface area contributed by atoms with Crippen molar-refractivity contribution >= 4 is 23.1 Å². The van der Waals surface area contributed by atoms with Crippen LogP contribution in [0.25, 0.3) is 0 Å². The molecule has 7 heteroatoms. The second-order valence-corrected chi connectivity index (χ2v) is 6.75. The highest BCUT2D eigenvalue weighted by molar-refractivity contribution is 5.64. The first-order chi connectivity index (χ1) is 14.2. The number of aromatic nitrogens is 2. The Morgan fingerprint density at radius 3 is 2.45 bits per heavy atom. The Morgan fingerprint density at radius 1 is 0.966 bits per heavy atom. The molecule has 1 N–H and O–H groups in total. The van der Waals surface area contributed by atoms with E-state index in [0.29, 0.717) is 12.6 Å². The smallest absolute Gasteiger partial charge is 0.227 e. The molecule has 0 bridgehead atoms. The van der Waals surface area contributed by atoms with E-state index in [9.17, 15) is 4.39 Å². The monoisotopic (exact) mass is 393 g/mol. The van der Waals surface area contributed by atoms with Crippen LogP contribution in [-0.2, 0) is 0 Å². The first-order valence-corrected chi connectivity index (χ1v) is 9.80. The largest absolute Gasteiger partial charge is 0.492 e. The molecule has 6 nitrogen and oxygen atoms in total. The summed E-state index contributed by atoms with van der Waals surface area (Å²) < 4.78 is 18.8. The molecule has 0 atom stereocenters. The second kappa shape index (κ2) is 8.77. The zero-order valence-corrected chi connectivity index (χ0v) is 16.4. The summed E-state index contributed by atoms with van der Waals surface area (Å²) in [6.07, 6.45) is 1.76. The lowest BCUT2D eigenvalue weighted by molar-refractivity contribution is 0.342. The van der Waals surface area contributed by atoms with Gasteiger partial charge >= 0.3 is 0 Å². The van der Waals surface area contributed by atoms with Gasteiger partial charge in [0.2, 0.25) is 5.95 Å². The molecule has 4 rings (SSSR count). The highest BCUT2D eigenvalue weighted by Gasteiger charge is 2.19. The maximum Gasteiger partial charge on any atom is 0.227 e. The van der Waals surface area contributed by atoms with Crippen molar-refractivity contribution in [3.05, 3.63) is 66.6 Å². The summed E-state index contributed by atoms with van der Waals surface area (Å²) in [6.45, 7) is 5.84. The third-order valence-electron chi connectivity index (χ3n) is 4.85. The molecule has 0 amide bonds. The third-order valence-corrected chi connectivity index (χ3v) is 4.85. The van der Waals surface area contributed by atoms with Gasteiger partial charge < -0.3 is 19.9 Å². The lowest BCUT2D eigenvalue weighted by Gasteiger charge is -2.36. The fraction of sp³-hybridized carbons (Fsp3) is 0.273. The van der Waals surface area contributed by atoms with Gasteiger partial charge in [-0.25, -0.2) is 9.37 Å². The topological polar surface area (TPSA) is 53.5 Å². The van der Waals surface area contributed by atoms with E-state index in [1.165, 1.54) is 12.1 Å². The summed E-state index contributed by atoms with van der Waals surface area (Å²) in [5.41, 5.74) is 1.91. The van der Waals surface area contributed by atoms with E-state index in [2.05, 4.69) is 25.1 Å². The highest BCUT2D eigenvalue weighted by atomic mass is 19.1. The second-order valence-electron chi connectivity index (χ2n) is 6.75. The molecule has 0 saturated carbocycles. The van der Waals surface area contributed by atoms with Gasteiger partial charge in [0, 0.05) is 38.1 Å². The molecular weight excluding hydrogens is 369 g/mol. The number of benzene rings is 2. The van der Waals surface area contributed by atoms with Gasteiger partial charge in [-0.15, -0.1) is 0 Å². The molecular formula is C22H24FN5O. The van der Waals surface area contributed by atoms with E-state index in [1.54, 1.807) is 6.20 Å². The number of para-hydroxylation sites is 2. The molecule has 1 aromatic heterocycles. The summed E-state index contributed by atoms with van der Waals surface area (Å²) >= 11 is 0. The van der Waals surface area contributed by atoms with Gasteiger partial charge in [-0.3, -0.25) is 0 Å². The SMILES string of the molecule is CCOc1ccccc1Nc1ccnc(N2CCN(c3ccc(F)cc3)CC2)n1. The Labute approximate surface area is 170 Å². The third kappa shape index (κ3) is 4.56. The van der Waals surface area contributed by atoms with Gasteiger partial charge in [0.05, 0.1) is 12.3 Å². The van der Waals surface area contributed by atoms with E-state index in [4.69, 9.17) is 4.74 Å². The Kier molecular flexibility index (Phi) is 5.74. The average molecular weight is 393 g/mol. The normalized spacial score (nSPS) is 14.0. The van der Waals surface area contributed by atoms with Gasteiger partial charge in [-0.2, -0.15) is 4.98 Å². The van der Waals surface area contributed by atoms with E-state index in [-0.39, 0.29) is 5.82 Å². The van der Waals surface area contributed by atoms with Crippen molar-refractivity contribution in [2.45, 2.75) is 6.92 Å². The summed E-state index contributed by atoms with van der Waals surface area (Å²) in [5.74, 6) is 2.00. The molecule has 150 valence electrons. The van der Waals surface area contributed by atoms with Crippen molar-refractivity contribution in [3.8, 4) is 5.75 Å². The Morgan fingerprint density at radius 2 is 1.69 bits per heavy atom. The van der Waals surface area contributed by atoms with Gasteiger partial charge in [0.15, 0.2) is 0 Å². The first-order valence-electron chi connectivity index (χ1n) is 9.80. The van der Waals surface area contributed by atoms with Crippen molar-refractivity contribution in [2.24, 2.45) is 0 Å². The summed E-state index contributed by atoms with van der Waals surface area (Å²) in [7, 11) is 0. The van der Waals surface area contributed by atoms with Crippen molar-refractivity contribution in [3.63, 3.8) is 0 Å². The summed E-state index contributed by atoms with van der Waals surface area (Å²) in [5, 5.41) is 3.33. The van der Waals surface area contributed by atoms with Crippen LogP contribution in [0.15, 0.2) is 60.8 Å². The minimum Gasteiger partial charge on any atom is -0.492 e. The van der Waals surface area contributed by atoms with E-state index >= 15 is 0 Å². The molecule has 0 unspecified atom stereocenters. The van der Waals surface area contributed by atoms with Crippen LogP contribution in [0.4, 0.5) is 27.5 Å². The zero-order valence-electron chi connectivity index (χ0n) is 16.4. The Bertz CT molecular complexity index is 942. The standard InChI is InChI=1S/C22H24FN5O/c1-2-29-20-6-4-3-5-19(20)25-21-11-12-24-22(26-21)28-15-13-27(14-16-28)18-9-7-17(23)8-10-18/h3-12H,2,13-16H2,1H3,(H,24,25,26). The van der Waals surface area contributed by atoms with Gasteiger partial charge in [-0.1, -0.05) is 12.1 Å². The molecule has 0 radical (unpaired) electrons. The lowest BCUT2D eigenvalue weighted by Crippen LogP contribution is -2.47. The van der Waals surface area contributed by atoms with Crippen molar-refractivity contribution in [1.29, 1.82) is 0 Å². The van der Waals surface area contributed by atoms with Crippen LogP contribution in [0.1, 0.15) is 6.92 Å². The molecule has 0 aliphatic carbocycles. The predicted molar refractivity (Wildman–Crippen MR) is 114 cm³/mol. The average Bonchev–Trinajstić information content (AvgIpc) is 2.76. The van der Waals surface area contributed by atoms with Crippen LogP contribution in [0, 0.1) is 5.82 Å². The summed E-state index contributed by atoms with van der Waals surface area (Å²) in [6, 6.07) is 16.3. The zero-order chi connectivity index (χ0) is 20.1. The molecule has 0 spiro atoms. The minimum atomic E-state index is -0.212. The molecule has 29 heavy (non-hydrogen) atoms. The van der Waals surface area contributed by atoms with Crippen LogP contribution < -0.4 is 19.9 Å². The van der Waals surface area contributed by atoms with Gasteiger partial charge in [0.1, 0.15) is 17.4 Å². The summed E-state index contributed by atoms with van der Waals surface area (Å²) in [4.78, 5) is 13.5. The molecule has 1 saturated heterocycles. The molecule has 2 aromatic carbocycles. The molecule has 1 fully saturated rings. The Hall–Kier alpha value is -3.35. The number of hydrogen-bond donors (Lipinski definition) is 1. The predicted octanol–water partition coefficient (Wildman–Crippen LogP) is 4.08. The highest BCUT2D eigenvalue weighted by Crippen LogP contribution is 2.27. The number of ether oxygens (including phenoxy) is 1. The lowest BCUT2D eigenvalue weighted by atomic mass is 10.2. The quantitative estimate of drug-likeness (QED) is 0.681. The number of halogens is 1. The van der Waals surface area contributed by atoms with Gasteiger partial charge in [0.25, 0.3) is 0 Å². The van der Waals surface area contributed by atoms with Crippen LogP contribution in [0.2, 0.25) is 0 Å².